The highest BCUT2D eigenvalue weighted by molar-refractivity contribution is 6.31. The third kappa shape index (κ3) is 5.85. The highest BCUT2D eigenvalue weighted by atomic mass is 16.7. The molecule has 7 N–H and O–H groups in total. The molecule has 45 heavy (non-hydrogen) atoms. The molecule has 7 atom stereocenters. The molecule has 0 aromatic heterocycles. The number of nitrogens with zero attached hydrogens (tertiary/aromatic N) is 1. The molecule has 1 fully saturated rings. The lowest BCUT2D eigenvalue weighted by molar-refractivity contribution is -0.248. The van der Waals surface area contributed by atoms with Crippen LogP contribution >= 0.6 is 0 Å². The normalized spacial score (nSPS) is 28.4. The molecule has 7 unspecified atom stereocenters. The average molecular weight is 628 g/mol. The van der Waals surface area contributed by atoms with Gasteiger partial charge >= 0.3 is 0 Å². The van der Waals surface area contributed by atoms with Crippen LogP contribution in [0.15, 0.2) is 18.2 Å². The van der Waals surface area contributed by atoms with Crippen LogP contribution in [-0.4, -0.2) is 106 Å². The third-order valence-corrected chi connectivity index (χ3v) is 9.75. The second-order valence-electron chi connectivity index (χ2n) is 12.4. The lowest BCUT2D eigenvalue weighted by Gasteiger charge is -2.45. The third-order valence-electron chi connectivity index (χ3n) is 9.75. The largest absolute Gasteiger partial charge is 0.507 e. The first-order chi connectivity index (χ1) is 21.4. The first kappa shape index (κ1) is 33.3. The first-order valence-electron chi connectivity index (χ1n) is 15.7. The lowest BCUT2D eigenvalue weighted by Crippen LogP contribution is -2.55. The van der Waals surface area contributed by atoms with Gasteiger partial charge in [0.1, 0.15) is 17.2 Å². The summed E-state index contributed by atoms with van der Waals surface area (Å²) >= 11 is 0. The van der Waals surface area contributed by atoms with Crippen LogP contribution in [0.3, 0.4) is 0 Å². The zero-order chi connectivity index (χ0) is 32.8. The molecule has 5 rings (SSSR count). The van der Waals surface area contributed by atoms with Crippen molar-refractivity contribution in [3.8, 4) is 17.2 Å². The Hall–Kier alpha value is -3.10. The SMILES string of the molecule is CCN(CC)CCNC(C)C1(O)Cc2c(O)c3c(c(O)c2C(OC2CC(N)C(O)C(C)O2)C1)C(=O)c1c(OC)cccc1C3=O. The number of phenolic OH excluding ortho intramolecular Hbond substituents is 2. The van der Waals surface area contributed by atoms with Crippen molar-refractivity contribution in [2.24, 2.45) is 5.73 Å². The van der Waals surface area contributed by atoms with Gasteiger partial charge in [-0.05, 0) is 33.0 Å². The van der Waals surface area contributed by atoms with Crippen molar-refractivity contribution < 1.29 is 44.2 Å². The minimum Gasteiger partial charge on any atom is -0.507 e. The number of methoxy groups -OCH3 is 1. The summed E-state index contributed by atoms with van der Waals surface area (Å²) in [4.78, 5) is 29.9. The van der Waals surface area contributed by atoms with Gasteiger partial charge in [0.25, 0.3) is 0 Å². The molecule has 246 valence electrons. The number of hydrogen-bond donors (Lipinski definition) is 6. The number of nitrogens with one attached hydrogen (secondary N) is 1. The van der Waals surface area contributed by atoms with Crippen LogP contribution in [0.25, 0.3) is 0 Å². The second-order valence-corrected chi connectivity index (χ2v) is 12.4. The number of ether oxygens (including phenoxy) is 3. The smallest absolute Gasteiger partial charge is 0.202 e. The van der Waals surface area contributed by atoms with Crippen molar-refractivity contribution in [3.63, 3.8) is 0 Å². The molecule has 2 aliphatic carbocycles. The van der Waals surface area contributed by atoms with E-state index in [1.54, 1.807) is 19.1 Å². The first-order valence-corrected chi connectivity index (χ1v) is 15.7. The number of aliphatic hydroxyl groups excluding tert-OH is 1. The van der Waals surface area contributed by atoms with E-state index in [2.05, 4.69) is 24.1 Å². The van der Waals surface area contributed by atoms with E-state index < -0.39 is 65.4 Å². The number of aromatic hydroxyl groups is 2. The van der Waals surface area contributed by atoms with E-state index in [9.17, 15) is 30.0 Å². The fourth-order valence-electron chi connectivity index (χ4n) is 6.92. The standard InChI is InChI=1S/C33H45N3O9/c1-6-36(7-2)12-11-35-17(4)33(42)14-19-25(22(15-33)45-23-13-20(34)28(37)16(3)44-23)32(41)27-26(30(19)39)29(38)18-9-8-10-21(43-5)24(18)31(27)40/h8-10,16-17,20,22-23,28,35,37,39,41-42H,6-7,11-15,34H2,1-5H3. The van der Waals surface area contributed by atoms with E-state index in [1.165, 1.54) is 13.2 Å². The molecular formula is C33H45N3O9. The number of fused-ring (bicyclic) bond motifs is 3. The van der Waals surface area contributed by atoms with E-state index in [0.717, 1.165) is 19.6 Å². The zero-order valence-corrected chi connectivity index (χ0v) is 26.5. The number of carbonyl (C=O) groups is 2. The number of nitrogens with two attached hydrogens (primary N) is 1. The van der Waals surface area contributed by atoms with Gasteiger partial charge in [0.2, 0.25) is 5.78 Å². The van der Waals surface area contributed by atoms with Crippen LogP contribution in [0.4, 0.5) is 0 Å². The molecule has 2 aromatic carbocycles. The van der Waals surface area contributed by atoms with E-state index >= 15 is 0 Å². The molecule has 12 nitrogen and oxygen atoms in total. The monoisotopic (exact) mass is 627 g/mol. The molecule has 0 saturated carbocycles. The number of aliphatic hydroxyl groups is 2. The summed E-state index contributed by atoms with van der Waals surface area (Å²) in [5.41, 5.74) is 4.24. The van der Waals surface area contributed by atoms with Crippen molar-refractivity contribution >= 4 is 11.6 Å². The molecule has 1 saturated heterocycles. The predicted octanol–water partition coefficient (Wildman–Crippen LogP) is 1.76. The molecule has 0 radical (unpaired) electrons. The van der Waals surface area contributed by atoms with Gasteiger partial charge in [0.05, 0.1) is 47.7 Å². The van der Waals surface area contributed by atoms with Gasteiger partial charge < -0.3 is 50.6 Å². The molecule has 2 aromatic rings. The summed E-state index contributed by atoms with van der Waals surface area (Å²) in [7, 11) is 1.38. The fraction of sp³-hybridized carbons (Fsp3) is 0.576. The van der Waals surface area contributed by atoms with E-state index in [-0.39, 0.29) is 58.4 Å². The quantitative estimate of drug-likeness (QED) is 0.179. The van der Waals surface area contributed by atoms with Crippen LogP contribution in [0.5, 0.6) is 17.2 Å². The number of carbonyl (C=O) groups excluding carboxylic acids is 2. The average Bonchev–Trinajstić information content (AvgIpc) is 3.01. The highest BCUT2D eigenvalue weighted by Gasteiger charge is 2.49. The minimum absolute atomic E-state index is 0.00708. The Morgan fingerprint density at radius 3 is 2.47 bits per heavy atom. The maximum Gasteiger partial charge on any atom is 0.202 e. The zero-order valence-electron chi connectivity index (χ0n) is 26.5. The molecule has 0 bridgehead atoms. The van der Waals surface area contributed by atoms with Crippen molar-refractivity contribution in [2.75, 3.05) is 33.3 Å². The number of likely N-dealkylation sites (N-methyl/N-ethyl adjacent to an activating group) is 1. The Labute approximate surface area is 263 Å². The summed E-state index contributed by atoms with van der Waals surface area (Å²) in [6.07, 6.45) is -3.55. The Kier molecular flexibility index (Phi) is 9.58. The van der Waals surface area contributed by atoms with Gasteiger partial charge in [0, 0.05) is 61.1 Å². The highest BCUT2D eigenvalue weighted by Crippen LogP contribution is 2.53. The molecule has 1 aliphatic heterocycles. The molecule has 0 spiro atoms. The van der Waals surface area contributed by atoms with Gasteiger partial charge in [0.15, 0.2) is 12.1 Å². The molecule has 0 amide bonds. The minimum atomic E-state index is -1.50. The Morgan fingerprint density at radius 2 is 1.82 bits per heavy atom. The van der Waals surface area contributed by atoms with Gasteiger partial charge in [-0.25, -0.2) is 0 Å². The van der Waals surface area contributed by atoms with Crippen LogP contribution in [0.1, 0.15) is 89.6 Å². The number of rotatable bonds is 10. The van der Waals surface area contributed by atoms with E-state index in [0.29, 0.717) is 6.54 Å². The summed E-state index contributed by atoms with van der Waals surface area (Å²) in [5.74, 6) is -2.15. The van der Waals surface area contributed by atoms with Gasteiger partial charge in [-0.3, -0.25) is 9.59 Å². The van der Waals surface area contributed by atoms with Crippen molar-refractivity contribution in [1.29, 1.82) is 0 Å². The van der Waals surface area contributed by atoms with Gasteiger partial charge in [-0.2, -0.15) is 0 Å². The van der Waals surface area contributed by atoms with Crippen LogP contribution in [-0.2, 0) is 15.9 Å². The Balaban J connectivity index is 1.59. The summed E-state index contributed by atoms with van der Waals surface area (Å²) in [6, 6.07) is 3.45. The topological polar surface area (TPSA) is 184 Å². The Morgan fingerprint density at radius 1 is 1.13 bits per heavy atom. The number of hydrogen-bond acceptors (Lipinski definition) is 12. The second kappa shape index (κ2) is 13.0. The molecular weight excluding hydrogens is 582 g/mol. The van der Waals surface area contributed by atoms with Crippen molar-refractivity contribution in [1.82, 2.24) is 10.2 Å². The predicted molar refractivity (Wildman–Crippen MR) is 165 cm³/mol. The molecule has 12 heteroatoms. The Bertz CT molecular complexity index is 1450. The maximum absolute atomic E-state index is 13.9. The summed E-state index contributed by atoms with van der Waals surface area (Å²) < 4.78 is 17.6. The molecule has 3 aliphatic rings. The van der Waals surface area contributed by atoms with Gasteiger partial charge in [-0.1, -0.05) is 26.0 Å². The van der Waals surface area contributed by atoms with Crippen LogP contribution in [0, 0.1) is 0 Å². The van der Waals surface area contributed by atoms with Crippen LogP contribution < -0.4 is 15.8 Å². The van der Waals surface area contributed by atoms with Crippen molar-refractivity contribution in [2.45, 2.75) is 89.2 Å². The number of phenols is 2. The molecule has 1 heterocycles. The number of benzene rings is 2. The van der Waals surface area contributed by atoms with E-state index in [4.69, 9.17) is 19.9 Å². The summed E-state index contributed by atoms with van der Waals surface area (Å²) in [5, 5.41) is 49.4. The van der Waals surface area contributed by atoms with Crippen molar-refractivity contribution in [3.05, 3.63) is 51.6 Å². The lowest BCUT2D eigenvalue weighted by atomic mass is 9.71. The number of ketones is 2. The summed E-state index contributed by atoms with van der Waals surface area (Å²) in [6.45, 7) is 10.8. The van der Waals surface area contributed by atoms with Crippen LogP contribution in [0.2, 0.25) is 0 Å². The van der Waals surface area contributed by atoms with Gasteiger partial charge in [-0.15, -0.1) is 0 Å². The fourth-order valence-corrected chi connectivity index (χ4v) is 6.92. The maximum atomic E-state index is 13.9. The van der Waals surface area contributed by atoms with E-state index in [1.807, 2.05) is 6.92 Å².